The second-order valence-electron chi connectivity index (χ2n) is 4.22. The summed E-state index contributed by atoms with van der Waals surface area (Å²) in [6, 6.07) is 6.55. The van der Waals surface area contributed by atoms with E-state index in [4.69, 9.17) is 9.29 Å². The fourth-order valence-electron chi connectivity index (χ4n) is 1.41. The van der Waals surface area contributed by atoms with Crippen LogP contribution in [0, 0.1) is 6.92 Å². The molecule has 0 spiro atoms. The molecule has 6 heteroatoms. The predicted octanol–water partition coefficient (Wildman–Crippen LogP) is 1.24. The van der Waals surface area contributed by atoms with Crippen LogP contribution in [0.3, 0.4) is 0 Å². The highest BCUT2D eigenvalue weighted by molar-refractivity contribution is 7.85. The highest BCUT2D eigenvalue weighted by Crippen LogP contribution is 2.08. The van der Waals surface area contributed by atoms with Gasteiger partial charge in [-0.05, 0) is 26.0 Å². The summed E-state index contributed by atoms with van der Waals surface area (Å²) in [5.41, 5.74) is 0.956. The van der Waals surface area contributed by atoms with E-state index in [2.05, 4.69) is 12.2 Å². The van der Waals surface area contributed by atoms with E-state index in [1.165, 1.54) is 12.1 Å². The molecule has 102 valence electrons. The van der Waals surface area contributed by atoms with Crippen LogP contribution in [0.2, 0.25) is 0 Å². The Morgan fingerprint density at radius 2 is 1.94 bits per heavy atom. The smallest absolute Gasteiger partial charge is 0.294 e. The van der Waals surface area contributed by atoms with Crippen molar-refractivity contribution < 1.29 is 17.7 Å². The predicted molar refractivity (Wildman–Crippen MR) is 69.3 cm³/mol. The number of benzene rings is 1. The molecule has 1 heterocycles. The van der Waals surface area contributed by atoms with Crippen LogP contribution in [0.1, 0.15) is 12.5 Å². The number of nitrogens with one attached hydrogen (secondary N) is 1. The standard InChI is InChI=1S/C7H8O3S.C5H11NO/c1-6-2-4-7(5-3-6)11(8,9)10;1-5-4-7-3-2-6-5/h2-5H,1H3,(H,8,9,10);5-6H,2-4H2,1H3/t;5-/m.0/s1. The largest absolute Gasteiger partial charge is 0.379 e. The molecule has 1 saturated heterocycles. The summed E-state index contributed by atoms with van der Waals surface area (Å²) in [6.45, 7) is 6.73. The van der Waals surface area contributed by atoms with Crippen molar-refractivity contribution in [2.24, 2.45) is 0 Å². The molecule has 1 aromatic rings. The van der Waals surface area contributed by atoms with Crippen LogP contribution >= 0.6 is 0 Å². The summed E-state index contributed by atoms with van der Waals surface area (Å²) in [5, 5.41) is 3.26. The van der Waals surface area contributed by atoms with Gasteiger partial charge in [0.15, 0.2) is 0 Å². The van der Waals surface area contributed by atoms with Crippen molar-refractivity contribution in [3.05, 3.63) is 29.8 Å². The molecule has 1 aliphatic heterocycles. The third kappa shape index (κ3) is 5.59. The van der Waals surface area contributed by atoms with Crippen LogP contribution in [-0.2, 0) is 14.9 Å². The fraction of sp³-hybridized carbons (Fsp3) is 0.500. The van der Waals surface area contributed by atoms with E-state index in [0.717, 1.165) is 25.3 Å². The van der Waals surface area contributed by atoms with Crippen molar-refractivity contribution in [1.82, 2.24) is 5.32 Å². The van der Waals surface area contributed by atoms with Gasteiger partial charge in [0, 0.05) is 12.6 Å². The highest BCUT2D eigenvalue weighted by Gasteiger charge is 2.06. The normalized spacial score (nSPS) is 19.8. The van der Waals surface area contributed by atoms with Gasteiger partial charge in [0.05, 0.1) is 18.1 Å². The lowest BCUT2D eigenvalue weighted by molar-refractivity contribution is 0.0824. The van der Waals surface area contributed by atoms with Crippen LogP contribution in [-0.4, -0.2) is 38.8 Å². The topological polar surface area (TPSA) is 75.6 Å². The molecular weight excluding hydrogens is 254 g/mol. The zero-order valence-electron chi connectivity index (χ0n) is 10.6. The van der Waals surface area contributed by atoms with Gasteiger partial charge in [-0.3, -0.25) is 4.55 Å². The lowest BCUT2D eigenvalue weighted by atomic mass is 10.2. The van der Waals surface area contributed by atoms with Gasteiger partial charge in [0.1, 0.15) is 0 Å². The average molecular weight is 273 g/mol. The molecule has 1 atom stereocenters. The van der Waals surface area contributed by atoms with Crippen LogP contribution in [0.4, 0.5) is 0 Å². The fourth-order valence-corrected chi connectivity index (χ4v) is 1.89. The van der Waals surface area contributed by atoms with E-state index in [-0.39, 0.29) is 4.90 Å². The molecule has 5 nitrogen and oxygen atoms in total. The summed E-state index contributed by atoms with van der Waals surface area (Å²) in [5.74, 6) is 0. The van der Waals surface area contributed by atoms with Crippen molar-refractivity contribution in [2.45, 2.75) is 24.8 Å². The molecule has 0 amide bonds. The minimum Gasteiger partial charge on any atom is -0.379 e. The van der Waals surface area contributed by atoms with Crippen molar-refractivity contribution in [1.29, 1.82) is 0 Å². The molecule has 2 N–H and O–H groups in total. The SMILES string of the molecule is C[C@H]1COCCN1.Cc1ccc(S(=O)(=O)O)cc1. The molecule has 0 bridgehead atoms. The Labute approximate surface area is 108 Å². The van der Waals surface area contributed by atoms with Crippen LogP contribution in [0.25, 0.3) is 0 Å². The molecule has 0 aliphatic carbocycles. The summed E-state index contributed by atoms with van der Waals surface area (Å²) in [7, 11) is -4.02. The van der Waals surface area contributed by atoms with Gasteiger partial charge in [-0.15, -0.1) is 0 Å². The zero-order valence-corrected chi connectivity index (χ0v) is 11.4. The van der Waals surface area contributed by atoms with Crippen LogP contribution < -0.4 is 5.32 Å². The Hall–Kier alpha value is -0.950. The van der Waals surface area contributed by atoms with E-state index in [1.807, 2.05) is 6.92 Å². The lowest BCUT2D eigenvalue weighted by Gasteiger charge is -2.19. The third-order valence-electron chi connectivity index (χ3n) is 2.43. The van der Waals surface area contributed by atoms with Gasteiger partial charge in [0.2, 0.25) is 0 Å². The molecule has 0 unspecified atom stereocenters. The minimum atomic E-state index is -4.02. The van der Waals surface area contributed by atoms with Gasteiger partial charge in [-0.1, -0.05) is 17.7 Å². The first-order valence-corrected chi connectivity index (χ1v) is 7.19. The average Bonchev–Trinajstić information content (AvgIpc) is 2.30. The Balaban J connectivity index is 0.000000199. The summed E-state index contributed by atoms with van der Waals surface area (Å²) < 4.78 is 34.7. The Kier molecular flexibility index (Phi) is 5.74. The maximum atomic E-state index is 10.5. The van der Waals surface area contributed by atoms with Gasteiger partial charge in [-0.2, -0.15) is 8.42 Å². The number of ether oxygens (including phenoxy) is 1. The molecular formula is C12H19NO4S. The first-order chi connectivity index (χ1) is 8.39. The Morgan fingerprint density at radius 3 is 2.28 bits per heavy atom. The van der Waals surface area contributed by atoms with E-state index >= 15 is 0 Å². The van der Waals surface area contributed by atoms with E-state index in [9.17, 15) is 8.42 Å². The Morgan fingerprint density at radius 1 is 1.33 bits per heavy atom. The number of rotatable bonds is 1. The van der Waals surface area contributed by atoms with Crippen molar-refractivity contribution in [3.8, 4) is 0 Å². The summed E-state index contributed by atoms with van der Waals surface area (Å²) in [4.78, 5) is -0.0666. The van der Waals surface area contributed by atoms with Crippen molar-refractivity contribution in [2.75, 3.05) is 19.8 Å². The third-order valence-corrected chi connectivity index (χ3v) is 3.29. The molecule has 0 aromatic heterocycles. The van der Waals surface area contributed by atoms with E-state index in [1.54, 1.807) is 12.1 Å². The maximum absolute atomic E-state index is 10.5. The monoisotopic (exact) mass is 273 g/mol. The number of hydrogen-bond acceptors (Lipinski definition) is 4. The minimum absolute atomic E-state index is 0.0666. The Bertz CT molecular complexity index is 449. The first kappa shape index (κ1) is 15.1. The maximum Gasteiger partial charge on any atom is 0.294 e. The number of morpholine rings is 1. The summed E-state index contributed by atoms with van der Waals surface area (Å²) in [6.07, 6.45) is 0. The second kappa shape index (κ2) is 6.84. The summed E-state index contributed by atoms with van der Waals surface area (Å²) >= 11 is 0. The van der Waals surface area contributed by atoms with Crippen LogP contribution in [0.15, 0.2) is 29.2 Å². The van der Waals surface area contributed by atoms with Gasteiger partial charge in [-0.25, -0.2) is 0 Å². The number of aryl methyl sites for hydroxylation is 1. The molecule has 1 aromatic carbocycles. The molecule has 1 aliphatic rings. The highest BCUT2D eigenvalue weighted by atomic mass is 32.2. The quantitative estimate of drug-likeness (QED) is 0.753. The molecule has 0 radical (unpaired) electrons. The van der Waals surface area contributed by atoms with Crippen molar-refractivity contribution in [3.63, 3.8) is 0 Å². The molecule has 1 fully saturated rings. The van der Waals surface area contributed by atoms with E-state index in [0.29, 0.717) is 6.04 Å². The van der Waals surface area contributed by atoms with Crippen molar-refractivity contribution >= 4 is 10.1 Å². The van der Waals surface area contributed by atoms with E-state index < -0.39 is 10.1 Å². The second-order valence-corrected chi connectivity index (χ2v) is 5.64. The first-order valence-electron chi connectivity index (χ1n) is 5.75. The lowest BCUT2D eigenvalue weighted by Crippen LogP contribution is -2.38. The number of hydrogen-bond donors (Lipinski definition) is 2. The van der Waals surface area contributed by atoms with Crippen LogP contribution in [0.5, 0.6) is 0 Å². The molecule has 2 rings (SSSR count). The van der Waals surface area contributed by atoms with Gasteiger partial charge < -0.3 is 10.1 Å². The molecule has 18 heavy (non-hydrogen) atoms. The van der Waals surface area contributed by atoms with Gasteiger partial charge in [0.25, 0.3) is 10.1 Å². The van der Waals surface area contributed by atoms with Gasteiger partial charge >= 0.3 is 0 Å². The molecule has 0 saturated carbocycles. The zero-order chi connectivity index (χ0) is 13.6.